The minimum absolute atomic E-state index is 0.0341. The van der Waals surface area contributed by atoms with Crippen molar-refractivity contribution in [1.82, 2.24) is 9.55 Å². The number of thioether (sulfide) groups is 1. The Bertz CT molecular complexity index is 958. The molecule has 0 spiro atoms. The summed E-state index contributed by atoms with van der Waals surface area (Å²) in [6, 6.07) is 7.55. The van der Waals surface area contributed by atoms with E-state index in [2.05, 4.69) is 11.1 Å². The van der Waals surface area contributed by atoms with Crippen LogP contribution < -0.4 is 0 Å². The molecule has 3 rings (SSSR count). The third-order valence-corrected chi connectivity index (χ3v) is 7.77. The maximum Gasteiger partial charge on any atom is 0.0946 e. The van der Waals surface area contributed by atoms with E-state index in [0.717, 1.165) is 5.56 Å². The lowest BCUT2D eigenvalue weighted by atomic mass is 10.2. The molecular weight excluding hydrogens is 501 g/mol. The molecule has 0 bridgehead atoms. The number of nitrogens with zero attached hydrogens (tertiary/aromatic N) is 2. The van der Waals surface area contributed by atoms with E-state index >= 15 is 0 Å². The maximum absolute atomic E-state index is 6.40. The van der Waals surface area contributed by atoms with Crippen molar-refractivity contribution in [3.8, 4) is 0 Å². The summed E-state index contributed by atoms with van der Waals surface area (Å²) in [5.74, 6) is 0. The average Bonchev–Trinajstić information content (AvgIpc) is 3.20. The first-order chi connectivity index (χ1) is 13.4. The largest absolute Gasteiger partial charge is 0.336 e. The van der Waals surface area contributed by atoms with Gasteiger partial charge in [0.05, 0.1) is 31.4 Å². The van der Waals surface area contributed by atoms with Crippen LogP contribution in [0.15, 0.2) is 54.0 Å². The molecule has 0 saturated carbocycles. The van der Waals surface area contributed by atoms with Crippen molar-refractivity contribution in [2.24, 2.45) is 0 Å². The van der Waals surface area contributed by atoms with E-state index in [1.807, 2.05) is 41.1 Å². The van der Waals surface area contributed by atoms with Crippen LogP contribution in [0, 0.1) is 0 Å². The van der Waals surface area contributed by atoms with Crippen molar-refractivity contribution in [2.75, 3.05) is 0 Å². The Hall–Kier alpha value is -0.520. The minimum atomic E-state index is -0.0341. The lowest BCUT2D eigenvalue weighted by molar-refractivity contribution is 0.721. The van der Waals surface area contributed by atoms with Crippen LogP contribution in [0.4, 0.5) is 0 Å². The number of hydrogen-bond donors (Lipinski definition) is 0. The molecule has 0 aliphatic carbocycles. The topological polar surface area (TPSA) is 17.8 Å². The van der Waals surface area contributed by atoms with Gasteiger partial charge in [0.2, 0.25) is 0 Å². The summed E-state index contributed by atoms with van der Waals surface area (Å²) in [5, 5.41) is 1.72. The van der Waals surface area contributed by atoms with Gasteiger partial charge in [0.15, 0.2) is 0 Å². The second-order valence-electron chi connectivity index (χ2n) is 5.73. The summed E-state index contributed by atoms with van der Waals surface area (Å²) in [7, 11) is 0. The Kier molecular flexibility index (Phi) is 7.91. The van der Waals surface area contributed by atoms with Crippen LogP contribution in [0.2, 0.25) is 30.1 Å². The van der Waals surface area contributed by atoms with E-state index in [9.17, 15) is 0 Å². The highest BCUT2D eigenvalue weighted by Gasteiger charge is 2.22. The molecule has 1 unspecified atom stereocenters. The van der Waals surface area contributed by atoms with Crippen LogP contribution in [0.1, 0.15) is 5.56 Å². The molecule has 1 heterocycles. The standard InChI is InChI=1S/C19H12Cl6N2S/c20-12-4-1-11(2-5-12)3-6-13(9-27-8-7-26-10-27)28-19-17(24)15(22)14(21)16(23)18(19)25/h1-8,10,13H,9H2/b6-3+. The van der Waals surface area contributed by atoms with E-state index in [-0.39, 0.29) is 30.4 Å². The molecule has 1 atom stereocenters. The Morgan fingerprint density at radius 2 is 1.50 bits per heavy atom. The molecule has 0 N–H and O–H groups in total. The number of benzene rings is 2. The lowest BCUT2D eigenvalue weighted by Crippen LogP contribution is -2.09. The SMILES string of the molecule is Clc1ccc(/C=C/C(Cn2ccnc2)Sc2c(Cl)c(Cl)c(Cl)c(Cl)c2Cl)cc1. The predicted molar refractivity (Wildman–Crippen MR) is 124 cm³/mol. The number of imidazole rings is 1. The minimum Gasteiger partial charge on any atom is -0.336 e. The fourth-order valence-electron chi connectivity index (χ4n) is 2.37. The summed E-state index contributed by atoms with van der Waals surface area (Å²) in [5.41, 5.74) is 1.02. The molecule has 3 aromatic rings. The fraction of sp³-hybridized carbons (Fsp3) is 0.105. The van der Waals surface area contributed by atoms with Gasteiger partial charge in [0.1, 0.15) is 0 Å². The van der Waals surface area contributed by atoms with Crippen LogP contribution in [-0.2, 0) is 6.54 Å². The van der Waals surface area contributed by atoms with E-state index in [1.165, 1.54) is 11.8 Å². The van der Waals surface area contributed by atoms with Gasteiger partial charge >= 0.3 is 0 Å². The Balaban J connectivity index is 1.92. The van der Waals surface area contributed by atoms with Gasteiger partial charge in [0.25, 0.3) is 0 Å². The first-order valence-corrected chi connectivity index (χ1v) is 11.1. The number of hydrogen-bond acceptors (Lipinski definition) is 2. The Labute approximate surface area is 197 Å². The molecule has 1 aromatic heterocycles. The number of rotatable bonds is 6. The quantitative estimate of drug-likeness (QED) is 0.187. The molecule has 0 aliphatic heterocycles. The first-order valence-electron chi connectivity index (χ1n) is 7.94. The summed E-state index contributed by atoms with van der Waals surface area (Å²) < 4.78 is 1.96. The first kappa shape index (κ1) is 22.2. The lowest BCUT2D eigenvalue weighted by Gasteiger charge is -2.17. The molecule has 0 aliphatic rings. The zero-order valence-electron chi connectivity index (χ0n) is 14.1. The number of halogens is 6. The molecule has 0 amide bonds. The second kappa shape index (κ2) is 9.99. The average molecular weight is 513 g/mol. The monoisotopic (exact) mass is 510 g/mol. The van der Waals surface area contributed by atoms with Crippen LogP contribution >= 0.6 is 81.4 Å². The van der Waals surface area contributed by atoms with Crippen LogP contribution in [0.25, 0.3) is 6.08 Å². The normalized spacial score (nSPS) is 12.6. The van der Waals surface area contributed by atoms with E-state index in [1.54, 1.807) is 12.5 Å². The highest BCUT2D eigenvalue weighted by atomic mass is 35.5. The van der Waals surface area contributed by atoms with E-state index in [4.69, 9.17) is 69.6 Å². The fourth-order valence-corrected chi connectivity index (χ4v) is 5.13. The van der Waals surface area contributed by atoms with Gasteiger partial charge in [-0.2, -0.15) is 0 Å². The van der Waals surface area contributed by atoms with Gasteiger partial charge < -0.3 is 4.57 Å². The van der Waals surface area contributed by atoms with Gasteiger partial charge in [-0.05, 0) is 17.7 Å². The summed E-state index contributed by atoms with van der Waals surface area (Å²) >= 11 is 38.7. The van der Waals surface area contributed by atoms with Crippen molar-refractivity contribution in [1.29, 1.82) is 0 Å². The Morgan fingerprint density at radius 1 is 0.893 bits per heavy atom. The zero-order chi connectivity index (χ0) is 20.3. The zero-order valence-corrected chi connectivity index (χ0v) is 19.4. The maximum atomic E-state index is 6.40. The van der Waals surface area contributed by atoms with Crippen LogP contribution in [0.3, 0.4) is 0 Å². The summed E-state index contributed by atoms with van der Waals surface area (Å²) in [6.07, 6.45) is 9.41. The summed E-state index contributed by atoms with van der Waals surface area (Å²) in [4.78, 5) is 4.67. The van der Waals surface area contributed by atoms with Gasteiger partial charge in [-0.1, -0.05) is 93.9 Å². The van der Waals surface area contributed by atoms with Gasteiger partial charge in [-0.15, -0.1) is 11.8 Å². The van der Waals surface area contributed by atoms with Crippen LogP contribution in [0.5, 0.6) is 0 Å². The molecule has 0 saturated heterocycles. The van der Waals surface area contributed by atoms with Crippen molar-refractivity contribution < 1.29 is 0 Å². The third-order valence-electron chi connectivity index (χ3n) is 3.76. The second-order valence-corrected chi connectivity index (χ2v) is 9.30. The highest BCUT2D eigenvalue weighted by Crippen LogP contribution is 2.49. The molecule has 146 valence electrons. The smallest absolute Gasteiger partial charge is 0.0946 e. The van der Waals surface area contributed by atoms with E-state index in [0.29, 0.717) is 16.5 Å². The third kappa shape index (κ3) is 5.34. The summed E-state index contributed by atoms with van der Waals surface area (Å²) in [6.45, 7) is 0.638. The van der Waals surface area contributed by atoms with Crippen LogP contribution in [-0.4, -0.2) is 14.8 Å². The molecule has 28 heavy (non-hydrogen) atoms. The molecule has 2 aromatic carbocycles. The predicted octanol–water partition coefficient (Wildman–Crippen LogP) is 8.68. The van der Waals surface area contributed by atoms with Crippen molar-refractivity contribution in [3.63, 3.8) is 0 Å². The van der Waals surface area contributed by atoms with Crippen molar-refractivity contribution in [2.45, 2.75) is 16.7 Å². The molecule has 9 heteroatoms. The molecule has 0 radical (unpaired) electrons. The highest BCUT2D eigenvalue weighted by molar-refractivity contribution is 8.00. The van der Waals surface area contributed by atoms with Gasteiger partial charge in [-0.25, -0.2) is 4.98 Å². The van der Waals surface area contributed by atoms with Crippen molar-refractivity contribution in [3.05, 3.63) is 84.8 Å². The molecule has 0 fully saturated rings. The van der Waals surface area contributed by atoms with Gasteiger partial charge in [0, 0.05) is 34.1 Å². The van der Waals surface area contributed by atoms with Crippen molar-refractivity contribution >= 4 is 87.4 Å². The Morgan fingerprint density at radius 3 is 2.07 bits per heavy atom. The molecular formula is C19H12Cl6N2S. The molecule has 2 nitrogen and oxygen atoms in total. The number of aromatic nitrogens is 2. The van der Waals surface area contributed by atoms with E-state index < -0.39 is 0 Å². The van der Waals surface area contributed by atoms with Gasteiger partial charge in [-0.3, -0.25) is 0 Å².